The summed E-state index contributed by atoms with van der Waals surface area (Å²) in [6.07, 6.45) is 1.77. The Kier molecular flexibility index (Phi) is 4.05. The summed E-state index contributed by atoms with van der Waals surface area (Å²) in [7, 11) is 1.82. The molecule has 2 amide bonds. The quantitative estimate of drug-likeness (QED) is 0.820. The van der Waals surface area contributed by atoms with Crippen molar-refractivity contribution in [3.05, 3.63) is 46.2 Å². The third kappa shape index (κ3) is 2.69. The minimum absolute atomic E-state index is 0.0109. The van der Waals surface area contributed by atoms with E-state index in [0.29, 0.717) is 13.1 Å². The van der Waals surface area contributed by atoms with Crippen LogP contribution in [0.4, 0.5) is 0 Å². The number of carbonyl (C=O) groups excluding carboxylic acids is 2. The highest BCUT2D eigenvalue weighted by molar-refractivity contribution is 5.85. The van der Waals surface area contributed by atoms with Gasteiger partial charge in [0.2, 0.25) is 11.8 Å². The second-order valence-corrected chi connectivity index (χ2v) is 7.44. The molecule has 6 heteroatoms. The van der Waals surface area contributed by atoms with Gasteiger partial charge in [-0.05, 0) is 31.4 Å². The van der Waals surface area contributed by atoms with Crippen molar-refractivity contribution in [1.82, 2.24) is 14.4 Å². The SMILES string of the molecule is Cc1cc(=O)n(CC(=O)N2C[C@H]3CC[C@@H](C2)N(C)C3=O)c2ccccc12. The lowest BCUT2D eigenvalue weighted by Gasteiger charge is -2.32. The molecule has 136 valence electrons. The summed E-state index contributed by atoms with van der Waals surface area (Å²) < 4.78 is 1.54. The van der Waals surface area contributed by atoms with Crippen LogP contribution in [-0.4, -0.2) is 52.4 Å². The molecule has 3 aliphatic rings. The van der Waals surface area contributed by atoms with Crippen molar-refractivity contribution < 1.29 is 9.59 Å². The Morgan fingerprint density at radius 3 is 2.73 bits per heavy atom. The summed E-state index contributed by atoms with van der Waals surface area (Å²) in [5.41, 5.74) is 1.52. The Balaban J connectivity index is 1.64. The van der Waals surface area contributed by atoms with Gasteiger partial charge in [-0.3, -0.25) is 19.0 Å². The minimum Gasteiger partial charge on any atom is -0.341 e. The molecular formula is C20H23N3O3. The third-order valence-electron chi connectivity index (χ3n) is 5.84. The zero-order chi connectivity index (χ0) is 18.4. The Morgan fingerprint density at radius 2 is 1.92 bits per heavy atom. The molecule has 3 saturated heterocycles. The molecule has 3 aliphatic heterocycles. The maximum absolute atomic E-state index is 13.0. The average molecular weight is 353 g/mol. The predicted molar refractivity (Wildman–Crippen MR) is 98.8 cm³/mol. The molecule has 0 saturated carbocycles. The van der Waals surface area contributed by atoms with Crippen LogP contribution in [0.15, 0.2) is 35.1 Å². The van der Waals surface area contributed by atoms with E-state index in [0.717, 1.165) is 29.3 Å². The van der Waals surface area contributed by atoms with Gasteiger partial charge >= 0.3 is 0 Å². The van der Waals surface area contributed by atoms with E-state index in [4.69, 9.17) is 0 Å². The zero-order valence-corrected chi connectivity index (χ0v) is 15.1. The van der Waals surface area contributed by atoms with Crippen LogP contribution in [0.2, 0.25) is 0 Å². The molecule has 5 rings (SSSR count). The molecule has 0 radical (unpaired) electrons. The maximum atomic E-state index is 13.0. The number of rotatable bonds is 2. The first-order chi connectivity index (χ1) is 12.5. The van der Waals surface area contributed by atoms with Gasteiger partial charge in [0.05, 0.1) is 11.4 Å². The van der Waals surface area contributed by atoms with E-state index in [2.05, 4.69) is 0 Å². The van der Waals surface area contributed by atoms with E-state index in [1.165, 1.54) is 0 Å². The monoisotopic (exact) mass is 353 g/mol. The van der Waals surface area contributed by atoms with E-state index >= 15 is 0 Å². The highest BCUT2D eigenvalue weighted by Crippen LogP contribution is 2.28. The smallest absolute Gasteiger partial charge is 0.251 e. The molecular weight excluding hydrogens is 330 g/mol. The van der Waals surface area contributed by atoms with Gasteiger partial charge in [-0.25, -0.2) is 0 Å². The van der Waals surface area contributed by atoms with Crippen molar-refractivity contribution in [1.29, 1.82) is 0 Å². The molecule has 6 nitrogen and oxygen atoms in total. The Labute approximate surface area is 152 Å². The zero-order valence-electron chi connectivity index (χ0n) is 15.1. The van der Waals surface area contributed by atoms with Gasteiger partial charge in [0.15, 0.2) is 0 Å². The first-order valence-electron chi connectivity index (χ1n) is 9.09. The second kappa shape index (κ2) is 6.27. The standard InChI is InChI=1S/C20H23N3O3/c1-13-9-18(24)23(17-6-4-3-5-16(13)17)12-19(25)22-10-14-7-8-15(11-22)21(2)20(14)26/h3-6,9,14-15H,7-8,10-12H2,1-2H3/t14-,15+/m1/s1. The number of benzene rings is 1. The fraction of sp³-hybridized carbons (Fsp3) is 0.450. The lowest BCUT2D eigenvalue weighted by atomic mass is 9.95. The first-order valence-corrected chi connectivity index (χ1v) is 9.09. The van der Waals surface area contributed by atoms with Crippen LogP contribution < -0.4 is 5.56 Å². The number of aryl methyl sites for hydroxylation is 1. The van der Waals surface area contributed by atoms with Crippen LogP contribution in [-0.2, 0) is 16.1 Å². The van der Waals surface area contributed by atoms with Crippen LogP contribution in [0.3, 0.4) is 0 Å². The summed E-state index contributed by atoms with van der Waals surface area (Å²) in [6.45, 7) is 2.92. The van der Waals surface area contributed by atoms with Gasteiger partial charge in [-0.1, -0.05) is 18.2 Å². The summed E-state index contributed by atoms with van der Waals surface area (Å²) in [5, 5.41) is 0.978. The average Bonchev–Trinajstić information content (AvgIpc) is 2.92. The molecule has 1 aromatic heterocycles. The first kappa shape index (κ1) is 16.8. The predicted octanol–water partition coefficient (Wildman–Crippen LogP) is 1.39. The van der Waals surface area contributed by atoms with Crippen molar-refractivity contribution in [2.45, 2.75) is 32.4 Å². The molecule has 2 aromatic rings. The van der Waals surface area contributed by atoms with Crippen LogP contribution >= 0.6 is 0 Å². The van der Waals surface area contributed by atoms with Crippen molar-refractivity contribution in [2.75, 3.05) is 20.1 Å². The fourth-order valence-electron chi connectivity index (χ4n) is 4.26. The minimum atomic E-state index is -0.166. The number of piperidine rings is 1. The summed E-state index contributed by atoms with van der Waals surface area (Å²) >= 11 is 0. The maximum Gasteiger partial charge on any atom is 0.251 e. The van der Waals surface area contributed by atoms with E-state index in [1.54, 1.807) is 20.4 Å². The van der Waals surface area contributed by atoms with Crippen molar-refractivity contribution >= 4 is 22.7 Å². The number of carbonyl (C=O) groups is 2. The number of fused-ring (bicyclic) bond motifs is 5. The molecule has 3 fully saturated rings. The van der Waals surface area contributed by atoms with Crippen LogP contribution in [0.25, 0.3) is 10.9 Å². The molecule has 2 atom stereocenters. The van der Waals surface area contributed by atoms with Crippen molar-refractivity contribution in [3.63, 3.8) is 0 Å². The summed E-state index contributed by atoms with van der Waals surface area (Å²) in [5.74, 6) is -0.0789. The Bertz CT molecular complexity index is 949. The molecule has 2 bridgehead atoms. The lowest BCUT2D eigenvalue weighted by molar-refractivity contribution is -0.138. The van der Waals surface area contributed by atoms with Gasteiger partial charge in [0.1, 0.15) is 6.54 Å². The van der Waals surface area contributed by atoms with Crippen LogP contribution in [0.5, 0.6) is 0 Å². The van der Waals surface area contributed by atoms with E-state index in [9.17, 15) is 14.4 Å². The van der Waals surface area contributed by atoms with Gasteiger partial charge in [0.25, 0.3) is 5.56 Å². The van der Waals surface area contributed by atoms with E-state index in [-0.39, 0.29) is 35.9 Å². The van der Waals surface area contributed by atoms with E-state index < -0.39 is 0 Å². The van der Waals surface area contributed by atoms with E-state index in [1.807, 2.05) is 38.2 Å². The van der Waals surface area contributed by atoms with Gasteiger partial charge in [0, 0.05) is 37.6 Å². The number of hydrogen-bond acceptors (Lipinski definition) is 3. The molecule has 0 aliphatic carbocycles. The summed E-state index contributed by atoms with van der Waals surface area (Å²) in [4.78, 5) is 41.4. The fourth-order valence-corrected chi connectivity index (χ4v) is 4.26. The molecule has 4 heterocycles. The highest BCUT2D eigenvalue weighted by atomic mass is 16.2. The normalized spacial score (nSPS) is 22.8. The van der Waals surface area contributed by atoms with Crippen molar-refractivity contribution in [3.8, 4) is 0 Å². The van der Waals surface area contributed by atoms with Gasteiger partial charge in [-0.15, -0.1) is 0 Å². The van der Waals surface area contributed by atoms with Gasteiger partial charge < -0.3 is 9.80 Å². The number of aromatic nitrogens is 1. The lowest BCUT2D eigenvalue weighted by Crippen LogP contribution is -2.45. The number of nitrogens with zero attached hydrogens (tertiary/aromatic N) is 3. The largest absolute Gasteiger partial charge is 0.341 e. The number of para-hydroxylation sites is 1. The topological polar surface area (TPSA) is 62.6 Å². The number of likely N-dealkylation sites (N-methyl/N-ethyl adjacent to an activating group) is 1. The number of hydrogen-bond donors (Lipinski definition) is 0. The number of amides is 2. The Hall–Kier alpha value is -2.63. The van der Waals surface area contributed by atoms with Gasteiger partial charge in [-0.2, -0.15) is 0 Å². The number of pyridine rings is 1. The summed E-state index contributed by atoms with van der Waals surface area (Å²) in [6, 6.07) is 9.31. The molecule has 1 aromatic carbocycles. The molecule has 0 unspecified atom stereocenters. The molecule has 0 spiro atoms. The molecule has 0 N–H and O–H groups in total. The van der Waals surface area contributed by atoms with Crippen LogP contribution in [0, 0.1) is 12.8 Å². The highest BCUT2D eigenvalue weighted by Gasteiger charge is 2.40. The third-order valence-corrected chi connectivity index (χ3v) is 5.84. The molecule has 26 heavy (non-hydrogen) atoms. The van der Waals surface area contributed by atoms with Crippen molar-refractivity contribution in [2.24, 2.45) is 5.92 Å². The Morgan fingerprint density at radius 1 is 1.15 bits per heavy atom. The second-order valence-electron chi connectivity index (χ2n) is 7.44. The van der Waals surface area contributed by atoms with Crippen LogP contribution in [0.1, 0.15) is 18.4 Å².